The van der Waals surface area contributed by atoms with E-state index >= 15 is 0 Å². The summed E-state index contributed by atoms with van der Waals surface area (Å²) in [7, 11) is -2.35. The van der Waals surface area contributed by atoms with Crippen LogP contribution in [0.25, 0.3) is 5.82 Å². The second-order valence-electron chi connectivity index (χ2n) is 6.84. The fraction of sp³-hybridized carbons (Fsp3) is 0.0909. The van der Waals surface area contributed by atoms with Crippen LogP contribution in [0.15, 0.2) is 90.5 Å². The molecule has 0 atom stereocenters. The number of rotatable bonds is 7. The van der Waals surface area contributed by atoms with Crippen LogP contribution in [-0.2, 0) is 16.6 Å². The Kier molecular flexibility index (Phi) is 5.95. The number of anilines is 1. The van der Waals surface area contributed by atoms with Gasteiger partial charge in [0.05, 0.1) is 10.6 Å². The molecule has 0 bridgehead atoms. The van der Waals surface area contributed by atoms with Crippen molar-refractivity contribution in [1.29, 1.82) is 0 Å². The molecule has 0 radical (unpaired) electrons. The minimum Gasteiger partial charge on any atom is -0.348 e. The maximum absolute atomic E-state index is 13.0. The van der Waals surface area contributed by atoms with Gasteiger partial charge in [0.25, 0.3) is 15.9 Å². The fourth-order valence-corrected chi connectivity index (χ4v) is 4.34. The van der Waals surface area contributed by atoms with Crippen LogP contribution in [0.5, 0.6) is 0 Å². The molecule has 2 aromatic heterocycles. The molecule has 10 heteroatoms. The number of carbonyl (C=O) groups excluding carboxylic acids is 1. The van der Waals surface area contributed by atoms with Crippen molar-refractivity contribution < 1.29 is 13.2 Å². The molecule has 0 spiro atoms. The summed E-state index contributed by atoms with van der Waals surface area (Å²) in [4.78, 5) is 21.0. The summed E-state index contributed by atoms with van der Waals surface area (Å²) in [5.74, 6) is 0.143. The van der Waals surface area contributed by atoms with E-state index in [1.807, 2.05) is 12.1 Å². The first-order valence-corrected chi connectivity index (χ1v) is 11.1. The summed E-state index contributed by atoms with van der Waals surface area (Å²) < 4.78 is 28.8. The molecule has 0 aliphatic heterocycles. The first-order chi connectivity index (χ1) is 15.5. The van der Waals surface area contributed by atoms with Gasteiger partial charge in [-0.3, -0.25) is 9.10 Å². The van der Waals surface area contributed by atoms with Crippen molar-refractivity contribution in [1.82, 2.24) is 25.1 Å². The van der Waals surface area contributed by atoms with Gasteiger partial charge in [-0.15, -0.1) is 0 Å². The van der Waals surface area contributed by atoms with E-state index in [4.69, 9.17) is 0 Å². The van der Waals surface area contributed by atoms with Crippen LogP contribution in [-0.4, -0.2) is 41.1 Å². The molecular weight excluding hydrogens is 428 g/mol. The summed E-state index contributed by atoms with van der Waals surface area (Å²) in [6.45, 7) is 0.183. The van der Waals surface area contributed by atoms with Crippen molar-refractivity contribution in [2.24, 2.45) is 0 Å². The Bertz CT molecular complexity index is 1320. The van der Waals surface area contributed by atoms with E-state index in [1.165, 1.54) is 40.8 Å². The number of amides is 1. The molecule has 1 amide bonds. The molecule has 32 heavy (non-hydrogen) atoms. The Morgan fingerprint density at radius 3 is 2.62 bits per heavy atom. The van der Waals surface area contributed by atoms with Crippen molar-refractivity contribution in [3.05, 3.63) is 96.7 Å². The summed E-state index contributed by atoms with van der Waals surface area (Å²) in [6, 6.07) is 18.3. The van der Waals surface area contributed by atoms with E-state index in [0.717, 1.165) is 5.56 Å². The predicted octanol–water partition coefficient (Wildman–Crippen LogP) is 2.42. The fourth-order valence-electron chi connectivity index (χ4n) is 3.10. The van der Waals surface area contributed by atoms with Gasteiger partial charge in [0.1, 0.15) is 12.7 Å². The lowest BCUT2D eigenvalue weighted by Crippen LogP contribution is -2.27. The lowest BCUT2D eigenvalue weighted by molar-refractivity contribution is 0.0950. The average molecular weight is 449 g/mol. The highest BCUT2D eigenvalue weighted by Gasteiger charge is 2.22. The van der Waals surface area contributed by atoms with Crippen LogP contribution in [0.1, 0.15) is 15.9 Å². The van der Waals surface area contributed by atoms with Crippen LogP contribution >= 0.6 is 0 Å². The van der Waals surface area contributed by atoms with E-state index in [2.05, 4.69) is 20.4 Å². The maximum atomic E-state index is 13.0. The zero-order valence-electron chi connectivity index (χ0n) is 17.2. The normalized spacial score (nSPS) is 11.2. The van der Waals surface area contributed by atoms with Crippen LogP contribution in [0.2, 0.25) is 0 Å². The predicted molar refractivity (Wildman–Crippen MR) is 119 cm³/mol. The Hall–Kier alpha value is -4.05. The molecular formula is C22H20N6O3S. The van der Waals surface area contributed by atoms with Gasteiger partial charge >= 0.3 is 0 Å². The van der Waals surface area contributed by atoms with Gasteiger partial charge in [0.15, 0.2) is 5.82 Å². The van der Waals surface area contributed by atoms with Gasteiger partial charge in [-0.25, -0.2) is 23.1 Å². The summed E-state index contributed by atoms with van der Waals surface area (Å²) in [5, 5.41) is 6.88. The molecule has 9 nitrogen and oxygen atoms in total. The van der Waals surface area contributed by atoms with Crippen molar-refractivity contribution in [3.63, 3.8) is 0 Å². The first-order valence-electron chi connectivity index (χ1n) is 9.68. The van der Waals surface area contributed by atoms with Gasteiger partial charge in [0.2, 0.25) is 0 Å². The lowest BCUT2D eigenvalue weighted by atomic mass is 10.2. The molecule has 2 aromatic carbocycles. The number of sulfonamides is 1. The third-order valence-corrected chi connectivity index (χ3v) is 6.60. The highest BCUT2D eigenvalue weighted by atomic mass is 32.2. The monoisotopic (exact) mass is 448 g/mol. The third-order valence-electron chi connectivity index (χ3n) is 4.82. The third kappa shape index (κ3) is 4.35. The average Bonchev–Trinajstić information content (AvgIpc) is 3.37. The lowest BCUT2D eigenvalue weighted by Gasteiger charge is -2.19. The van der Waals surface area contributed by atoms with E-state index in [9.17, 15) is 13.2 Å². The molecule has 0 saturated carbocycles. The summed E-state index contributed by atoms with van der Waals surface area (Å²) >= 11 is 0. The van der Waals surface area contributed by atoms with Gasteiger partial charge in [-0.1, -0.05) is 30.3 Å². The molecule has 0 saturated heterocycles. The Morgan fingerprint density at radius 1 is 1.06 bits per heavy atom. The molecule has 0 aliphatic rings. The molecule has 0 aliphatic carbocycles. The minimum absolute atomic E-state index is 0.0289. The molecule has 4 rings (SSSR count). The topological polar surface area (TPSA) is 110 Å². The van der Waals surface area contributed by atoms with Gasteiger partial charge in [-0.05, 0) is 36.4 Å². The number of pyridine rings is 1. The van der Waals surface area contributed by atoms with Crippen LogP contribution in [0.4, 0.5) is 5.69 Å². The molecule has 4 aromatic rings. The van der Waals surface area contributed by atoms with E-state index in [1.54, 1.807) is 48.7 Å². The smallest absolute Gasteiger partial charge is 0.264 e. The maximum Gasteiger partial charge on any atom is 0.264 e. The standard InChI is InChI=1S/C22H20N6O3S/c1-27(19-9-3-2-4-10-19)32(30,31)20-11-5-7-17(13-20)22(29)25-14-18-8-6-12-24-21(18)28-16-23-15-26-28/h2-13,15-16H,14H2,1H3,(H,25,29). The highest BCUT2D eigenvalue weighted by molar-refractivity contribution is 7.92. The molecule has 1 N–H and O–H groups in total. The number of carbonyl (C=O) groups is 1. The van der Waals surface area contributed by atoms with Gasteiger partial charge in [-0.2, -0.15) is 5.10 Å². The highest BCUT2D eigenvalue weighted by Crippen LogP contribution is 2.22. The van der Waals surface area contributed by atoms with E-state index in [0.29, 0.717) is 11.5 Å². The zero-order chi connectivity index (χ0) is 22.6. The SMILES string of the molecule is CN(c1ccccc1)S(=O)(=O)c1cccc(C(=O)NCc2cccnc2-n2cncn2)c1. The summed E-state index contributed by atoms with van der Waals surface area (Å²) in [5.41, 5.74) is 1.50. The molecule has 0 fully saturated rings. The number of nitrogens with one attached hydrogen (secondary N) is 1. The first kappa shape index (κ1) is 21.2. The van der Waals surface area contributed by atoms with Crippen molar-refractivity contribution in [2.75, 3.05) is 11.4 Å². The van der Waals surface area contributed by atoms with E-state index < -0.39 is 15.9 Å². The largest absolute Gasteiger partial charge is 0.348 e. The van der Waals surface area contributed by atoms with Crippen LogP contribution in [0, 0.1) is 0 Å². The minimum atomic E-state index is -3.83. The Labute approximate surface area is 185 Å². The van der Waals surface area contributed by atoms with Gasteiger partial charge in [0, 0.05) is 30.9 Å². The Morgan fingerprint density at radius 2 is 1.88 bits per heavy atom. The number of aromatic nitrogens is 4. The molecule has 0 unspecified atom stereocenters. The van der Waals surface area contributed by atoms with Crippen LogP contribution in [0.3, 0.4) is 0 Å². The number of hydrogen-bond donors (Lipinski definition) is 1. The van der Waals surface area contributed by atoms with Crippen molar-refractivity contribution in [2.45, 2.75) is 11.4 Å². The zero-order valence-corrected chi connectivity index (χ0v) is 18.0. The second-order valence-corrected chi connectivity index (χ2v) is 8.81. The number of nitrogens with zero attached hydrogens (tertiary/aromatic N) is 5. The molecule has 2 heterocycles. The Balaban J connectivity index is 1.53. The number of benzene rings is 2. The number of hydrogen-bond acceptors (Lipinski definition) is 6. The van der Waals surface area contributed by atoms with E-state index in [-0.39, 0.29) is 17.0 Å². The number of para-hydroxylation sites is 1. The van der Waals surface area contributed by atoms with Crippen molar-refractivity contribution >= 4 is 21.6 Å². The van der Waals surface area contributed by atoms with Gasteiger partial charge < -0.3 is 5.32 Å². The van der Waals surface area contributed by atoms with Crippen molar-refractivity contribution in [3.8, 4) is 5.82 Å². The molecule has 162 valence electrons. The second kappa shape index (κ2) is 8.98. The summed E-state index contributed by atoms with van der Waals surface area (Å²) in [6.07, 6.45) is 4.54. The van der Waals surface area contributed by atoms with Crippen LogP contribution < -0.4 is 9.62 Å². The quantitative estimate of drug-likeness (QED) is 0.465.